The Bertz CT molecular complexity index is 423. The standard InChI is InChI=1S/C13H20ClN2OP/c1-5-18(4)12-8-10(14)6-7-11(12)16-13(17)15-9(2)3/h6-9H,5H2,1-4H3,(H2,15,16,17). The average Bonchev–Trinajstić information content (AvgIpc) is 2.29. The molecule has 0 heterocycles. The molecule has 100 valence electrons. The first-order valence-corrected chi connectivity index (χ1v) is 8.37. The Kier molecular flexibility index (Phi) is 5.90. The van der Waals surface area contributed by atoms with Crippen LogP contribution in [0, 0.1) is 0 Å². The van der Waals surface area contributed by atoms with Gasteiger partial charge in [0, 0.05) is 16.4 Å². The van der Waals surface area contributed by atoms with Crippen LogP contribution in [0.25, 0.3) is 0 Å². The molecule has 0 bridgehead atoms. The molecule has 1 unspecified atom stereocenters. The largest absolute Gasteiger partial charge is 0.336 e. The first kappa shape index (κ1) is 15.3. The van der Waals surface area contributed by atoms with Gasteiger partial charge in [0.2, 0.25) is 0 Å². The Morgan fingerprint density at radius 1 is 1.44 bits per heavy atom. The summed E-state index contributed by atoms with van der Waals surface area (Å²) in [6, 6.07) is 5.56. The Balaban J connectivity index is 2.91. The minimum absolute atomic E-state index is 0.120. The maximum Gasteiger partial charge on any atom is 0.319 e. The van der Waals surface area contributed by atoms with Crippen molar-refractivity contribution in [2.24, 2.45) is 0 Å². The van der Waals surface area contributed by atoms with Crippen molar-refractivity contribution in [1.29, 1.82) is 0 Å². The molecule has 0 saturated heterocycles. The van der Waals surface area contributed by atoms with Crippen molar-refractivity contribution in [2.75, 3.05) is 18.1 Å². The predicted molar refractivity (Wildman–Crippen MR) is 81.8 cm³/mol. The number of urea groups is 1. The molecular formula is C13H20ClN2OP. The molecule has 2 N–H and O–H groups in total. The minimum atomic E-state index is -0.288. The second-order valence-corrected chi connectivity index (χ2v) is 7.38. The molecule has 1 rings (SSSR count). The van der Waals surface area contributed by atoms with Gasteiger partial charge in [0.15, 0.2) is 0 Å². The van der Waals surface area contributed by atoms with Gasteiger partial charge in [-0.2, -0.15) is 0 Å². The third-order valence-corrected chi connectivity index (χ3v) is 4.89. The summed E-state index contributed by atoms with van der Waals surface area (Å²) in [6.07, 6.45) is 1.07. The number of amides is 2. The van der Waals surface area contributed by atoms with Crippen LogP contribution < -0.4 is 15.9 Å². The number of carbonyl (C=O) groups excluding carboxylic acids is 1. The van der Waals surface area contributed by atoms with Gasteiger partial charge in [-0.15, -0.1) is 0 Å². The van der Waals surface area contributed by atoms with Crippen molar-refractivity contribution in [3.63, 3.8) is 0 Å². The summed E-state index contributed by atoms with van der Waals surface area (Å²) in [5.41, 5.74) is 0.855. The lowest BCUT2D eigenvalue weighted by molar-refractivity contribution is 0.250. The number of hydrogen-bond acceptors (Lipinski definition) is 1. The summed E-state index contributed by atoms with van der Waals surface area (Å²) >= 11 is 6.02. The minimum Gasteiger partial charge on any atom is -0.336 e. The highest BCUT2D eigenvalue weighted by molar-refractivity contribution is 7.65. The highest BCUT2D eigenvalue weighted by Gasteiger charge is 2.12. The van der Waals surface area contributed by atoms with E-state index in [-0.39, 0.29) is 20.0 Å². The molecule has 0 aliphatic heterocycles. The maximum absolute atomic E-state index is 11.7. The van der Waals surface area contributed by atoms with Gasteiger partial charge in [0.05, 0.1) is 5.69 Å². The fourth-order valence-corrected chi connectivity index (χ4v) is 3.01. The van der Waals surface area contributed by atoms with E-state index in [1.54, 1.807) is 6.07 Å². The molecule has 0 fully saturated rings. The van der Waals surface area contributed by atoms with Crippen molar-refractivity contribution in [1.82, 2.24) is 5.32 Å². The highest BCUT2D eigenvalue weighted by Crippen LogP contribution is 2.33. The summed E-state index contributed by atoms with van der Waals surface area (Å²) in [7, 11) is -0.288. The number of rotatable bonds is 4. The van der Waals surface area contributed by atoms with Gasteiger partial charge in [-0.05, 0) is 44.9 Å². The topological polar surface area (TPSA) is 41.1 Å². The zero-order chi connectivity index (χ0) is 13.7. The molecule has 0 aliphatic rings. The van der Waals surface area contributed by atoms with Crippen LogP contribution in [-0.4, -0.2) is 24.9 Å². The molecule has 0 saturated carbocycles. The summed E-state index contributed by atoms with van der Waals surface area (Å²) < 4.78 is 0. The maximum atomic E-state index is 11.7. The van der Waals surface area contributed by atoms with Gasteiger partial charge in [-0.25, -0.2) is 4.79 Å². The average molecular weight is 287 g/mol. The van der Waals surface area contributed by atoms with E-state index in [1.165, 1.54) is 0 Å². The van der Waals surface area contributed by atoms with Crippen LogP contribution >= 0.6 is 19.5 Å². The van der Waals surface area contributed by atoms with Gasteiger partial charge in [-0.1, -0.05) is 26.4 Å². The van der Waals surface area contributed by atoms with Crippen LogP contribution in [0.2, 0.25) is 5.02 Å². The van der Waals surface area contributed by atoms with Gasteiger partial charge in [0.25, 0.3) is 0 Å². The highest BCUT2D eigenvalue weighted by atomic mass is 35.5. The van der Waals surface area contributed by atoms with Crippen LogP contribution in [-0.2, 0) is 0 Å². The van der Waals surface area contributed by atoms with Crippen LogP contribution in [0.4, 0.5) is 10.5 Å². The molecular weight excluding hydrogens is 267 g/mol. The second kappa shape index (κ2) is 6.96. The van der Waals surface area contributed by atoms with E-state index in [0.717, 1.165) is 17.2 Å². The fourth-order valence-electron chi connectivity index (χ4n) is 1.52. The Morgan fingerprint density at radius 2 is 2.11 bits per heavy atom. The van der Waals surface area contributed by atoms with E-state index >= 15 is 0 Å². The Morgan fingerprint density at radius 3 is 2.67 bits per heavy atom. The first-order chi connectivity index (χ1) is 8.43. The Hall–Kier alpha value is -0.790. The zero-order valence-electron chi connectivity index (χ0n) is 11.2. The summed E-state index contributed by atoms with van der Waals surface area (Å²) in [5, 5.41) is 7.55. The molecule has 0 aliphatic carbocycles. The molecule has 0 spiro atoms. The van der Waals surface area contributed by atoms with Crippen molar-refractivity contribution < 1.29 is 4.79 Å². The normalized spacial score (nSPS) is 12.3. The third kappa shape index (κ3) is 4.47. The van der Waals surface area contributed by atoms with Crippen LogP contribution in [0.15, 0.2) is 18.2 Å². The lowest BCUT2D eigenvalue weighted by Gasteiger charge is -2.17. The molecule has 3 nitrogen and oxygen atoms in total. The molecule has 18 heavy (non-hydrogen) atoms. The van der Waals surface area contributed by atoms with E-state index in [4.69, 9.17) is 11.6 Å². The lowest BCUT2D eigenvalue weighted by Crippen LogP contribution is -2.35. The number of halogens is 1. The summed E-state index contributed by atoms with van der Waals surface area (Å²) in [6.45, 7) is 8.19. The molecule has 0 aromatic heterocycles. The monoisotopic (exact) mass is 286 g/mol. The van der Waals surface area contributed by atoms with E-state index in [2.05, 4.69) is 24.2 Å². The second-order valence-electron chi connectivity index (χ2n) is 4.43. The van der Waals surface area contributed by atoms with Crippen molar-refractivity contribution >= 4 is 36.5 Å². The molecule has 2 amide bonds. The smallest absolute Gasteiger partial charge is 0.319 e. The lowest BCUT2D eigenvalue weighted by atomic mass is 10.3. The van der Waals surface area contributed by atoms with E-state index in [0.29, 0.717) is 5.02 Å². The van der Waals surface area contributed by atoms with E-state index in [9.17, 15) is 4.79 Å². The quantitative estimate of drug-likeness (QED) is 0.816. The first-order valence-electron chi connectivity index (χ1n) is 6.02. The van der Waals surface area contributed by atoms with Crippen molar-refractivity contribution in [2.45, 2.75) is 26.8 Å². The van der Waals surface area contributed by atoms with Gasteiger partial charge < -0.3 is 10.6 Å². The molecule has 1 aromatic rings. The van der Waals surface area contributed by atoms with E-state index in [1.807, 2.05) is 26.0 Å². The molecule has 5 heteroatoms. The third-order valence-electron chi connectivity index (χ3n) is 2.51. The van der Waals surface area contributed by atoms with Crippen molar-refractivity contribution in [3.8, 4) is 0 Å². The fraction of sp³-hybridized carbons (Fsp3) is 0.462. The molecule has 1 atom stereocenters. The SMILES string of the molecule is CCP(C)c1cc(Cl)ccc1NC(=O)NC(C)C. The van der Waals surface area contributed by atoms with Crippen molar-refractivity contribution in [3.05, 3.63) is 23.2 Å². The van der Waals surface area contributed by atoms with Gasteiger partial charge in [-0.3, -0.25) is 0 Å². The number of benzene rings is 1. The number of anilines is 1. The van der Waals surface area contributed by atoms with Gasteiger partial charge >= 0.3 is 6.03 Å². The van der Waals surface area contributed by atoms with Crippen LogP contribution in [0.5, 0.6) is 0 Å². The summed E-state index contributed by atoms with van der Waals surface area (Å²) in [5.74, 6) is 0. The molecule has 1 aromatic carbocycles. The van der Waals surface area contributed by atoms with E-state index < -0.39 is 0 Å². The summed E-state index contributed by atoms with van der Waals surface area (Å²) in [4.78, 5) is 11.7. The number of nitrogens with one attached hydrogen (secondary N) is 2. The number of hydrogen-bond donors (Lipinski definition) is 2. The molecule has 0 radical (unpaired) electrons. The zero-order valence-corrected chi connectivity index (χ0v) is 12.9. The Labute approximate surface area is 115 Å². The van der Waals surface area contributed by atoms with Crippen LogP contribution in [0.3, 0.4) is 0 Å². The number of carbonyl (C=O) groups is 1. The van der Waals surface area contributed by atoms with Crippen LogP contribution in [0.1, 0.15) is 20.8 Å². The van der Waals surface area contributed by atoms with Gasteiger partial charge in [0.1, 0.15) is 0 Å². The predicted octanol–water partition coefficient (Wildman–Crippen LogP) is 3.63.